The number of rotatable bonds is 3. The van der Waals surface area contributed by atoms with Crippen molar-refractivity contribution in [3.63, 3.8) is 0 Å². The van der Waals surface area contributed by atoms with E-state index < -0.39 is 5.79 Å². The third-order valence-electron chi connectivity index (χ3n) is 5.83. The van der Waals surface area contributed by atoms with Crippen molar-refractivity contribution in [3.05, 3.63) is 16.3 Å². The van der Waals surface area contributed by atoms with E-state index in [1.807, 2.05) is 0 Å². The Hall–Kier alpha value is -1.32. The zero-order valence-corrected chi connectivity index (χ0v) is 16.8. The molecule has 146 valence electrons. The van der Waals surface area contributed by atoms with Gasteiger partial charge in [-0.3, -0.25) is 4.90 Å². The van der Waals surface area contributed by atoms with Crippen LogP contribution in [0.3, 0.4) is 0 Å². The Morgan fingerprint density at radius 2 is 1.81 bits per heavy atom. The fourth-order valence-electron chi connectivity index (χ4n) is 4.20. The molecule has 0 unspecified atom stereocenters. The summed E-state index contributed by atoms with van der Waals surface area (Å²) in [6, 6.07) is 0. The molecule has 27 heavy (non-hydrogen) atoms. The first-order valence-corrected chi connectivity index (χ1v) is 10.5. The van der Waals surface area contributed by atoms with Crippen LogP contribution in [0, 0.1) is 13.8 Å². The van der Waals surface area contributed by atoms with Gasteiger partial charge in [-0.1, -0.05) is 0 Å². The number of hydrogen-bond donors (Lipinski definition) is 0. The molecule has 5 heterocycles. The first-order chi connectivity index (χ1) is 13.1. The van der Waals surface area contributed by atoms with Crippen molar-refractivity contribution >= 4 is 27.4 Å². The summed E-state index contributed by atoms with van der Waals surface area (Å²) in [5, 5.41) is 1.19. The number of hydrogen-bond acceptors (Lipinski definition) is 8. The maximum absolute atomic E-state index is 5.93. The molecule has 0 saturated carbocycles. The summed E-state index contributed by atoms with van der Waals surface area (Å²) < 4.78 is 17.3. The maximum atomic E-state index is 5.93. The molecule has 3 saturated heterocycles. The van der Waals surface area contributed by atoms with Crippen LogP contribution in [0.1, 0.15) is 22.7 Å². The quantitative estimate of drug-likeness (QED) is 0.795. The van der Waals surface area contributed by atoms with Gasteiger partial charge in [0.25, 0.3) is 0 Å². The Morgan fingerprint density at radius 3 is 2.59 bits per heavy atom. The molecule has 0 bridgehead atoms. The van der Waals surface area contributed by atoms with Gasteiger partial charge in [0.2, 0.25) is 0 Å². The van der Waals surface area contributed by atoms with Gasteiger partial charge in [-0.2, -0.15) is 0 Å². The smallest absolute Gasteiger partial charge is 0.187 e. The molecule has 2 aromatic rings. The van der Waals surface area contributed by atoms with E-state index >= 15 is 0 Å². The Labute approximate surface area is 163 Å². The fraction of sp³-hybridized carbons (Fsp3) is 0.684. The molecule has 0 aromatic carbocycles. The van der Waals surface area contributed by atoms with Gasteiger partial charge in [-0.25, -0.2) is 9.97 Å². The van der Waals surface area contributed by atoms with Gasteiger partial charge in [-0.15, -0.1) is 11.3 Å². The van der Waals surface area contributed by atoms with Crippen molar-refractivity contribution in [3.8, 4) is 0 Å². The zero-order valence-electron chi connectivity index (χ0n) is 16.0. The molecule has 5 rings (SSSR count). The molecule has 0 atom stereocenters. The van der Waals surface area contributed by atoms with E-state index in [4.69, 9.17) is 24.2 Å². The van der Waals surface area contributed by atoms with E-state index in [-0.39, 0.29) is 0 Å². The average molecular weight is 391 g/mol. The minimum atomic E-state index is -0.444. The third kappa shape index (κ3) is 3.23. The van der Waals surface area contributed by atoms with Gasteiger partial charge in [0.05, 0.1) is 44.9 Å². The molecule has 2 aromatic heterocycles. The summed E-state index contributed by atoms with van der Waals surface area (Å²) >= 11 is 1.77. The lowest BCUT2D eigenvalue weighted by molar-refractivity contribution is -0.137. The Morgan fingerprint density at radius 1 is 1.04 bits per heavy atom. The summed E-state index contributed by atoms with van der Waals surface area (Å²) in [6.07, 6.45) is 0.888. The summed E-state index contributed by atoms with van der Waals surface area (Å²) in [7, 11) is 0. The summed E-state index contributed by atoms with van der Waals surface area (Å²) in [5.74, 6) is 1.50. The molecule has 3 fully saturated rings. The van der Waals surface area contributed by atoms with Crippen molar-refractivity contribution in [1.82, 2.24) is 14.9 Å². The van der Waals surface area contributed by atoms with Crippen LogP contribution in [-0.4, -0.2) is 73.3 Å². The van der Waals surface area contributed by atoms with Crippen LogP contribution in [0.15, 0.2) is 0 Å². The Kier molecular flexibility index (Phi) is 4.56. The van der Waals surface area contributed by atoms with Crippen LogP contribution < -0.4 is 4.90 Å². The van der Waals surface area contributed by atoms with Crippen LogP contribution in [0.2, 0.25) is 0 Å². The van der Waals surface area contributed by atoms with Crippen molar-refractivity contribution in [1.29, 1.82) is 0 Å². The minimum Gasteiger partial charge on any atom is -0.379 e. The molecule has 0 amide bonds. The second-order valence-corrected chi connectivity index (χ2v) is 8.80. The van der Waals surface area contributed by atoms with Crippen LogP contribution in [0.4, 0.5) is 5.82 Å². The minimum absolute atomic E-state index is 0.444. The van der Waals surface area contributed by atoms with Crippen LogP contribution >= 0.6 is 11.3 Å². The fourth-order valence-corrected chi connectivity index (χ4v) is 5.24. The monoisotopic (exact) mass is 390 g/mol. The summed E-state index contributed by atoms with van der Waals surface area (Å²) in [6.45, 7) is 11.6. The van der Waals surface area contributed by atoms with E-state index in [2.05, 4.69) is 23.6 Å². The van der Waals surface area contributed by atoms with Gasteiger partial charge >= 0.3 is 0 Å². The number of ether oxygens (including phenoxy) is 3. The molecule has 8 heteroatoms. The molecule has 7 nitrogen and oxygen atoms in total. The van der Waals surface area contributed by atoms with Crippen LogP contribution in [0.5, 0.6) is 0 Å². The van der Waals surface area contributed by atoms with Gasteiger partial charge in [0.1, 0.15) is 16.5 Å². The van der Waals surface area contributed by atoms with Crippen molar-refractivity contribution in [2.75, 3.05) is 57.5 Å². The number of thiophene rings is 1. The Balaban J connectivity index is 1.51. The molecule has 0 aliphatic carbocycles. The van der Waals surface area contributed by atoms with E-state index in [1.165, 1.54) is 15.8 Å². The third-order valence-corrected chi connectivity index (χ3v) is 6.93. The first-order valence-electron chi connectivity index (χ1n) is 9.73. The van der Waals surface area contributed by atoms with Crippen LogP contribution in [0.25, 0.3) is 10.2 Å². The SMILES string of the molecule is Cc1sc2nc(CN3CCOCC3)nc(N3CCC4(C3)OCCO4)c2c1C. The number of morpholine rings is 1. The topological polar surface area (TPSA) is 60.0 Å². The predicted octanol–water partition coefficient (Wildman–Crippen LogP) is 2.09. The molecule has 3 aliphatic heterocycles. The predicted molar refractivity (Wildman–Crippen MR) is 104 cm³/mol. The largest absolute Gasteiger partial charge is 0.379 e. The number of aromatic nitrogens is 2. The van der Waals surface area contributed by atoms with Gasteiger partial charge in [-0.05, 0) is 19.4 Å². The highest BCUT2D eigenvalue weighted by molar-refractivity contribution is 7.18. The standard InChI is InChI=1S/C19H26N4O3S/c1-13-14(2)27-18-16(13)17(23-4-3-19(12-23)25-9-10-26-19)20-15(21-18)11-22-5-7-24-8-6-22/h3-12H2,1-2H3. The maximum Gasteiger partial charge on any atom is 0.187 e. The second kappa shape index (κ2) is 6.93. The average Bonchev–Trinajstić information content (AvgIpc) is 3.38. The second-order valence-electron chi connectivity index (χ2n) is 7.59. The molecular weight excluding hydrogens is 364 g/mol. The normalized spacial score (nSPS) is 23.1. The van der Waals surface area contributed by atoms with E-state index in [0.717, 1.165) is 68.8 Å². The molecule has 1 spiro atoms. The lowest BCUT2D eigenvalue weighted by atomic mass is 10.2. The number of aryl methyl sites for hydroxylation is 2. The van der Waals surface area contributed by atoms with E-state index in [9.17, 15) is 0 Å². The lowest BCUT2D eigenvalue weighted by Crippen LogP contribution is -2.36. The summed E-state index contributed by atoms with van der Waals surface area (Å²) in [4.78, 5) is 17.0. The first kappa shape index (κ1) is 17.8. The molecule has 0 radical (unpaired) electrons. The zero-order chi connectivity index (χ0) is 18.4. The highest BCUT2D eigenvalue weighted by Crippen LogP contribution is 2.39. The molecular formula is C19H26N4O3S. The van der Waals surface area contributed by atoms with E-state index in [0.29, 0.717) is 13.2 Å². The Bertz CT molecular complexity index is 843. The molecule has 3 aliphatic rings. The molecule has 0 N–H and O–H groups in total. The lowest BCUT2D eigenvalue weighted by Gasteiger charge is -2.27. The number of fused-ring (bicyclic) bond motifs is 1. The van der Waals surface area contributed by atoms with Crippen molar-refractivity contribution in [2.24, 2.45) is 0 Å². The van der Waals surface area contributed by atoms with Crippen molar-refractivity contribution < 1.29 is 14.2 Å². The highest BCUT2D eigenvalue weighted by Gasteiger charge is 2.44. The highest BCUT2D eigenvalue weighted by atomic mass is 32.1. The van der Waals surface area contributed by atoms with Gasteiger partial charge in [0.15, 0.2) is 5.79 Å². The van der Waals surface area contributed by atoms with Crippen LogP contribution in [-0.2, 0) is 20.8 Å². The number of nitrogens with zero attached hydrogens (tertiary/aromatic N) is 4. The van der Waals surface area contributed by atoms with Crippen molar-refractivity contribution in [2.45, 2.75) is 32.6 Å². The number of anilines is 1. The van der Waals surface area contributed by atoms with Gasteiger partial charge < -0.3 is 19.1 Å². The van der Waals surface area contributed by atoms with E-state index in [1.54, 1.807) is 11.3 Å². The van der Waals surface area contributed by atoms with Gasteiger partial charge in [0, 0.05) is 30.9 Å². The summed E-state index contributed by atoms with van der Waals surface area (Å²) in [5.41, 5.74) is 1.29.